The van der Waals surface area contributed by atoms with Gasteiger partial charge in [0, 0.05) is 41.4 Å². The predicted octanol–water partition coefficient (Wildman–Crippen LogP) is 9.78. The van der Waals surface area contributed by atoms with Crippen molar-refractivity contribution < 1.29 is 57.3 Å². The molecule has 2 aliphatic rings. The predicted molar refractivity (Wildman–Crippen MR) is 266 cm³/mol. The number of nitriles is 3. The van der Waals surface area contributed by atoms with Gasteiger partial charge in [0.25, 0.3) is 0 Å². The van der Waals surface area contributed by atoms with E-state index in [1.54, 1.807) is 37.3 Å². The van der Waals surface area contributed by atoms with Gasteiger partial charge in [-0.1, -0.05) is 77.3 Å². The van der Waals surface area contributed by atoms with Crippen molar-refractivity contribution in [2.75, 3.05) is 16.0 Å². The molecule has 6 aromatic rings. The highest BCUT2D eigenvalue weighted by molar-refractivity contribution is 7.17. The van der Waals surface area contributed by atoms with Crippen molar-refractivity contribution in [3.8, 4) is 52.0 Å². The molecule has 3 aromatic carbocycles. The highest BCUT2D eigenvalue weighted by Crippen LogP contribution is 2.37. The number of carbonyl (C=O) groups is 6. The molecule has 3 heterocycles. The number of rotatable bonds is 14. The summed E-state index contributed by atoms with van der Waals surface area (Å²) in [5.74, 6) is -7.42. The lowest BCUT2D eigenvalue weighted by Gasteiger charge is -2.08. The van der Waals surface area contributed by atoms with E-state index in [9.17, 15) is 57.7 Å². The Bertz CT molecular complexity index is 3090. The Labute approximate surface area is 431 Å². The third-order valence-corrected chi connectivity index (χ3v) is 14.3. The van der Waals surface area contributed by atoms with Crippen molar-refractivity contribution in [3.63, 3.8) is 0 Å². The fourth-order valence-electron chi connectivity index (χ4n) is 8.02. The third-order valence-electron chi connectivity index (χ3n) is 11.6. The Morgan fingerprint density at radius 1 is 0.554 bits per heavy atom. The lowest BCUT2D eigenvalue weighted by Crippen LogP contribution is -2.21. The number of halogens is 3. The smallest absolute Gasteiger partial charge is 0.306 e. The number of thiazole rings is 3. The van der Waals surface area contributed by atoms with Crippen LogP contribution in [-0.2, 0) is 28.8 Å². The fraction of sp³-hybridized carbons (Fsp3) is 0.280. The largest absolute Gasteiger partial charge is 0.481 e. The number of nitrogens with one attached hydrogen (secondary N) is 3. The molecule has 6 N–H and O–H groups in total. The van der Waals surface area contributed by atoms with E-state index in [4.69, 9.17) is 15.3 Å². The SMILES string of the molecule is CC(CC(=O)O)CC(=O)Nc1nc(-c2ccccc2F)c(C#N)s1.N#Cc1sc(NC(=O)[C@@H]2CC[C@@H](C(=O)O)C2)nc1-c1ccccc1F.N#Cc1sc(NC(=O)[C@H]2CC[C@@H](C(=O)O)C2)nc1-c1ccccc1F. The summed E-state index contributed by atoms with van der Waals surface area (Å²) in [6.07, 6.45) is 2.41. The van der Waals surface area contributed by atoms with Gasteiger partial charge >= 0.3 is 17.9 Å². The Morgan fingerprint density at radius 3 is 1.18 bits per heavy atom. The summed E-state index contributed by atoms with van der Waals surface area (Å²) in [6, 6.07) is 23.8. The van der Waals surface area contributed by atoms with E-state index in [1.807, 2.05) is 18.2 Å². The van der Waals surface area contributed by atoms with Crippen LogP contribution in [0.3, 0.4) is 0 Å². The maximum atomic E-state index is 13.9. The maximum absolute atomic E-state index is 13.9. The minimum atomic E-state index is -0.974. The van der Waals surface area contributed by atoms with Gasteiger partial charge in [-0.3, -0.25) is 28.8 Å². The second-order valence-corrected chi connectivity index (χ2v) is 19.9. The van der Waals surface area contributed by atoms with Gasteiger partial charge in [0.1, 0.15) is 67.4 Å². The monoisotopic (exact) mass is 1070 g/mol. The quantitative estimate of drug-likeness (QED) is 0.0591. The highest BCUT2D eigenvalue weighted by atomic mass is 32.1. The first kappa shape index (κ1) is 55.0. The van der Waals surface area contributed by atoms with Crippen molar-refractivity contribution >= 4 is 85.0 Å². The average molecular weight is 1070 g/mol. The van der Waals surface area contributed by atoms with Crippen molar-refractivity contribution in [2.45, 2.75) is 58.3 Å². The van der Waals surface area contributed by atoms with Crippen molar-refractivity contribution in [3.05, 3.63) is 105 Å². The Kier molecular flexibility index (Phi) is 18.8. The first-order chi connectivity index (χ1) is 35.4. The zero-order valence-electron chi connectivity index (χ0n) is 38.8. The second kappa shape index (κ2) is 25.3. The molecule has 1 unspecified atom stereocenters. The van der Waals surface area contributed by atoms with E-state index in [0.717, 1.165) is 34.0 Å². The number of nitrogens with zero attached hydrogens (tertiary/aromatic N) is 6. The van der Waals surface area contributed by atoms with Crippen LogP contribution in [0.2, 0.25) is 0 Å². The number of amides is 3. The van der Waals surface area contributed by atoms with Crippen molar-refractivity contribution in [1.82, 2.24) is 15.0 Å². The zero-order chi connectivity index (χ0) is 53.6. The van der Waals surface area contributed by atoms with Gasteiger partial charge in [-0.05, 0) is 80.8 Å². The zero-order valence-corrected chi connectivity index (χ0v) is 41.3. The van der Waals surface area contributed by atoms with Gasteiger partial charge < -0.3 is 31.3 Å². The molecule has 2 aliphatic carbocycles. The van der Waals surface area contributed by atoms with Gasteiger partial charge in [-0.25, -0.2) is 28.1 Å². The number of carbonyl (C=O) groups excluding carboxylic acids is 3. The molecular formula is C50H42F3N9O9S3. The normalized spacial score (nSPS) is 16.8. The molecule has 3 amide bonds. The molecule has 0 saturated heterocycles. The van der Waals surface area contributed by atoms with Crippen LogP contribution in [0.4, 0.5) is 28.6 Å². The maximum Gasteiger partial charge on any atom is 0.306 e. The summed E-state index contributed by atoms with van der Waals surface area (Å²) in [6.45, 7) is 1.65. The molecule has 380 valence electrons. The highest BCUT2D eigenvalue weighted by Gasteiger charge is 2.36. The van der Waals surface area contributed by atoms with Crippen LogP contribution in [0.1, 0.15) is 72.9 Å². The number of anilines is 3. The topological polar surface area (TPSA) is 309 Å². The summed E-state index contributed by atoms with van der Waals surface area (Å²) in [5.41, 5.74) is 1.14. The van der Waals surface area contributed by atoms with E-state index >= 15 is 0 Å². The lowest BCUT2D eigenvalue weighted by atomic mass is 10.0. The number of benzene rings is 3. The second-order valence-electron chi connectivity index (χ2n) is 16.9. The van der Waals surface area contributed by atoms with E-state index in [0.29, 0.717) is 25.7 Å². The van der Waals surface area contributed by atoms with Crippen molar-refractivity contribution in [1.29, 1.82) is 15.8 Å². The number of carboxylic acids is 3. The molecular weight excluding hydrogens is 1020 g/mol. The summed E-state index contributed by atoms with van der Waals surface area (Å²) in [5, 5.41) is 62.8. The lowest BCUT2D eigenvalue weighted by molar-refractivity contribution is -0.142. The summed E-state index contributed by atoms with van der Waals surface area (Å²) < 4.78 is 41.7. The first-order valence-corrected chi connectivity index (χ1v) is 24.9. The number of hydrogen-bond donors (Lipinski definition) is 6. The molecule has 0 bridgehead atoms. The number of hydrogen-bond acceptors (Lipinski definition) is 15. The fourth-order valence-corrected chi connectivity index (χ4v) is 10.4. The van der Waals surface area contributed by atoms with Gasteiger partial charge in [0.15, 0.2) is 15.4 Å². The summed E-state index contributed by atoms with van der Waals surface area (Å²) in [4.78, 5) is 82.2. The minimum absolute atomic E-state index is 0.0167. The van der Waals surface area contributed by atoms with Crippen LogP contribution in [0, 0.1) is 81.0 Å². The molecule has 18 nitrogen and oxygen atoms in total. The Morgan fingerprint density at radius 2 is 0.878 bits per heavy atom. The molecule has 2 saturated carbocycles. The third kappa shape index (κ3) is 14.2. The van der Waals surface area contributed by atoms with Crippen LogP contribution in [0.15, 0.2) is 72.8 Å². The standard InChI is InChI=1S/2C17H14FN3O3S.C16H14FN3O3S/c2*18-12-4-2-1-3-11(12)14-13(8-19)25-17(20-14)21-15(22)9-5-6-10(7-9)16(23)24;1-9(7-14(22)23)6-13(21)19-16-20-15(12(8-18)24-16)10-4-2-3-5-11(10)17/h2*1-4,9-10H,5-7H2,(H,23,24)(H,20,21,22);2-5,9H,6-7H2,1H3,(H,22,23)(H,19,20,21)/t9-,10+;9-,10-;/m01./s1. The van der Waals surface area contributed by atoms with Crippen LogP contribution < -0.4 is 16.0 Å². The Hall–Kier alpha value is -8.37. The average Bonchev–Trinajstić information content (AvgIpc) is 4.23. The number of carboxylic acid groups (broad SMARTS) is 3. The van der Waals surface area contributed by atoms with Gasteiger partial charge in [0.05, 0.1) is 11.8 Å². The summed E-state index contributed by atoms with van der Waals surface area (Å²) >= 11 is 2.89. The van der Waals surface area contributed by atoms with Crippen LogP contribution in [0.25, 0.3) is 33.8 Å². The van der Waals surface area contributed by atoms with Crippen LogP contribution in [-0.4, -0.2) is 65.9 Å². The molecule has 8 rings (SSSR count). The molecule has 2 fully saturated rings. The first-order valence-electron chi connectivity index (χ1n) is 22.5. The molecule has 0 aliphatic heterocycles. The van der Waals surface area contributed by atoms with Crippen molar-refractivity contribution in [2.24, 2.45) is 29.6 Å². The summed E-state index contributed by atoms with van der Waals surface area (Å²) in [7, 11) is 0. The minimum Gasteiger partial charge on any atom is -0.481 e. The van der Waals surface area contributed by atoms with Gasteiger partial charge in [-0.2, -0.15) is 15.8 Å². The van der Waals surface area contributed by atoms with Crippen LogP contribution in [0.5, 0.6) is 0 Å². The molecule has 0 radical (unpaired) electrons. The molecule has 24 heteroatoms. The van der Waals surface area contributed by atoms with Gasteiger partial charge in [0.2, 0.25) is 17.7 Å². The molecule has 3 aromatic heterocycles. The van der Waals surface area contributed by atoms with E-state index in [2.05, 4.69) is 30.9 Å². The van der Waals surface area contributed by atoms with E-state index in [-0.39, 0.29) is 107 Å². The molecule has 5 atom stereocenters. The Balaban J connectivity index is 0.000000181. The van der Waals surface area contributed by atoms with E-state index < -0.39 is 64.9 Å². The molecule has 0 spiro atoms. The molecule has 74 heavy (non-hydrogen) atoms. The van der Waals surface area contributed by atoms with Crippen LogP contribution >= 0.6 is 34.0 Å². The number of aromatic nitrogens is 3. The van der Waals surface area contributed by atoms with Gasteiger partial charge in [-0.15, -0.1) is 0 Å². The number of aliphatic carboxylic acids is 3. The van der Waals surface area contributed by atoms with E-state index in [1.165, 1.54) is 42.5 Å².